The zero-order valence-corrected chi connectivity index (χ0v) is 15.7. The van der Waals surface area contributed by atoms with E-state index < -0.39 is 0 Å². The fourth-order valence-corrected chi connectivity index (χ4v) is 2.89. The van der Waals surface area contributed by atoms with Gasteiger partial charge in [0, 0.05) is 30.7 Å². The zero-order chi connectivity index (χ0) is 17.5. The van der Waals surface area contributed by atoms with Crippen LogP contribution in [-0.2, 0) is 9.53 Å². The molecule has 1 aromatic rings. The van der Waals surface area contributed by atoms with E-state index in [1.54, 1.807) is 11.8 Å². The van der Waals surface area contributed by atoms with Crippen LogP contribution in [-0.4, -0.2) is 61.1 Å². The van der Waals surface area contributed by atoms with Gasteiger partial charge in [-0.05, 0) is 31.5 Å². The van der Waals surface area contributed by atoms with E-state index in [2.05, 4.69) is 26.1 Å². The van der Waals surface area contributed by atoms with Gasteiger partial charge in [-0.3, -0.25) is 9.69 Å². The molecule has 132 valence electrons. The van der Waals surface area contributed by atoms with E-state index in [9.17, 15) is 9.59 Å². The predicted molar refractivity (Wildman–Crippen MR) is 95.7 cm³/mol. The maximum absolute atomic E-state index is 12.2. The van der Waals surface area contributed by atoms with E-state index >= 15 is 0 Å². The lowest BCUT2D eigenvalue weighted by Gasteiger charge is -2.33. The van der Waals surface area contributed by atoms with Gasteiger partial charge in [0.15, 0.2) is 0 Å². The Labute approximate surface area is 151 Å². The zero-order valence-electron chi connectivity index (χ0n) is 14.1. The molecule has 0 unspecified atom stereocenters. The number of nitrogens with zero attached hydrogens (tertiary/aromatic N) is 2. The molecule has 24 heavy (non-hydrogen) atoms. The highest BCUT2D eigenvalue weighted by atomic mass is 79.9. The van der Waals surface area contributed by atoms with Gasteiger partial charge in [0.25, 0.3) is 0 Å². The number of hydrogen-bond donors (Lipinski definition) is 1. The van der Waals surface area contributed by atoms with Crippen LogP contribution < -0.4 is 5.32 Å². The summed E-state index contributed by atoms with van der Waals surface area (Å²) in [7, 11) is 0. The standard InChI is InChI=1S/C17H24BrN3O3/c1-3-24-17(23)21-10-8-20(9-11-21)12-16(22)19-13(2)14-4-6-15(18)7-5-14/h4-7,13H,3,8-12H2,1-2H3,(H,19,22)/t13-/m1/s1. The third kappa shape index (κ3) is 5.49. The van der Waals surface area contributed by atoms with Crippen LogP contribution in [0.25, 0.3) is 0 Å². The highest BCUT2D eigenvalue weighted by Gasteiger charge is 2.23. The predicted octanol–water partition coefficient (Wildman–Crippen LogP) is 2.40. The summed E-state index contributed by atoms with van der Waals surface area (Å²) < 4.78 is 6.01. The summed E-state index contributed by atoms with van der Waals surface area (Å²) in [6.07, 6.45) is -0.273. The lowest BCUT2D eigenvalue weighted by atomic mass is 10.1. The molecule has 2 amide bonds. The first-order chi connectivity index (χ1) is 11.5. The molecule has 2 rings (SSSR count). The average molecular weight is 398 g/mol. The van der Waals surface area contributed by atoms with Crippen LogP contribution in [0.1, 0.15) is 25.5 Å². The second-order valence-electron chi connectivity index (χ2n) is 5.80. The van der Waals surface area contributed by atoms with Gasteiger partial charge in [0.2, 0.25) is 5.91 Å². The molecule has 1 saturated heterocycles. The molecule has 7 heteroatoms. The van der Waals surface area contributed by atoms with Crippen molar-refractivity contribution in [3.8, 4) is 0 Å². The number of ether oxygens (including phenoxy) is 1. The van der Waals surface area contributed by atoms with Crippen LogP contribution in [0.5, 0.6) is 0 Å². The third-order valence-corrected chi connectivity index (χ3v) is 4.54. The number of carbonyl (C=O) groups excluding carboxylic acids is 2. The number of benzene rings is 1. The molecule has 0 spiro atoms. The molecule has 0 aliphatic carbocycles. The van der Waals surface area contributed by atoms with Gasteiger partial charge in [-0.1, -0.05) is 28.1 Å². The van der Waals surface area contributed by atoms with Crippen LogP contribution in [0.4, 0.5) is 4.79 Å². The Morgan fingerprint density at radius 3 is 2.42 bits per heavy atom. The average Bonchev–Trinajstić information content (AvgIpc) is 2.56. The molecule has 0 bridgehead atoms. The Morgan fingerprint density at radius 2 is 1.83 bits per heavy atom. The summed E-state index contributed by atoms with van der Waals surface area (Å²) in [5, 5.41) is 3.02. The summed E-state index contributed by atoms with van der Waals surface area (Å²) in [5.74, 6) is -0.00463. The summed E-state index contributed by atoms with van der Waals surface area (Å²) in [6.45, 7) is 7.04. The highest BCUT2D eigenvalue weighted by Crippen LogP contribution is 2.16. The molecule has 1 fully saturated rings. The fourth-order valence-electron chi connectivity index (χ4n) is 2.63. The van der Waals surface area contributed by atoms with Gasteiger partial charge >= 0.3 is 6.09 Å². The lowest BCUT2D eigenvalue weighted by molar-refractivity contribution is -0.123. The molecule has 1 heterocycles. The van der Waals surface area contributed by atoms with E-state index in [-0.39, 0.29) is 18.0 Å². The molecular weight excluding hydrogens is 374 g/mol. The van der Waals surface area contributed by atoms with Crippen molar-refractivity contribution in [1.82, 2.24) is 15.1 Å². The number of halogens is 1. The first-order valence-corrected chi connectivity index (χ1v) is 8.97. The van der Waals surface area contributed by atoms with E-state index in [1.165, 1.54) is 0 Å². The minimum absolute atomic E-state index is 0.00463. The minimum atomic E-state index is -0.273. The van der Waals surface area contributed by atoms with Gasteiger partial charge in [-0.15, -0.1) is 0 Å². The first-order valence-electron chi connectivity index (χ1n) is 8.18. The number of nitrogens with one attached hydrogen (secondary N) is 1. The van der Waals surface area contributed by atoms with Crippen LogP contribution in [0.15, 0.2) is 28.7 Å². The molecule has 1 aromatic carbocycles. The highest BCUT2D eigenvalue weighted by molar-refractivity contribution is 9.10. The van der Waals surface area contributed by atoms with E-state index in [4.69, 9.17) is 4.74 Å². The van der Waals surface area contributed by atoms with Crippen LogP contribution in [0, 0.1) is 0 Å². The molecule has 6 nitrogen and oxygen atoms in total. The molecule has 1 N–H and O–H groups in total. The Balaban J connectivity index is 1.75. The smallest absolute Gasteiger partial charge is 0.409 e. The summed E-state index contributed by atoms with van der Waals surface area (Å²) in [5.41, 5.74) is 1.07. The quantitative estimate of drug-likeness (QED) is 0.828. The van der Waals surface area contributed by atoms with Gasteiger partial charge in [0.1, 0.15) is 0 Å². The summed E-state index contributed by atoms with van der Waals surface area (Å²) >= 11 is 3.40. The number of rotatable bonds is 5. The Bertz CT molecular complexity index is 557. The number of hydrogen-bond acceptors (Lipinski definition) is 4. The van der Waals surface area contributed by atoms with E-state index in [0.717, 1.165) is 10.0 Å². The second-order valence-corrected chi connectivity index (χ2v) is 6.72. The van der Waals surface area contributed by atoms with E-state index in [0.29, 0.717) is 39.3 Å². The van der Waals surface area contributed by atoms with Gasteiger partial charge in [0.05, 0.1) is 19.2 Å². The molecule has 0 saturated carbocycles. The Kier molecular flexibility index (Phi) is 7.05. The van der Waals surface area contributed by atoms with Gasteiger partial charge in [-0.25, -0.2) is 4.79 Å². The van der Waals surface area contributed by atoms with Gasteiger partial charge < -0.3 is 15.0 Å². The SMILES string of the molecule is CCOC(=O)N1CCN(CC(=O)N[C@H](C)c2ccc(Br)cc2)CC1. The second kappa shape index (κ2) is 9.03. The normalized spacial score (nSPS) is 16.5. The largest absolute Gasteiger partial charge is 0.450 e. The maximum Gasteiger partial charge on any atom is 0.409 e. The van der Waals surface area contributed by atoms with Crippen molar-refractivity contribution in [3.05, 3.63) is 34.3 Å². The van der Waals surface area contributed by atoms with Crippen LogP contribution >= 0.6 is 15.9 Å². The topological polar surface area (TPSA) is 61.9 Å². The summed E-state index contributed by atoms with van der Waals surface area (Å²) in [6, 6.07) is 7.88. The molecule has 1 aliphatic rings. The Morgan fingerprint density at radius 1 is 1.21 bits per heavy atom. The monoisotopic (exact) mass is 397 g/mol. The van der Waals surface area contributed by atoms with E-state index in [1.807, 2.05) is 31.2 Å². The minimum Gasteiger partial charge on any atom is -0.450 e. The molecule has 0 radical (unpaired) electrons. The van der Waals surface area contributed by atoms with Crippen molar-refractivity contribution in [3.63, 3.8) is 0 Å². The molecular formula is C17H24BrN3O3. The fraction of sp³-hybridized carbons (Fsp3) is 0.529. The van der Waals surface area contributed by atoms with Crippen LogP contribution in [0.3, 0.4) is 0 Å². The van der Waals surface area contributed by atoms with Crippen molar-refractivity contribution in [2.45, 2.75) is 19.9 Å². The third-order valence-electron chi connectivity index (χ3n) is 4.01. The Hall–Kier alpha value is -1.60. The van der Waals surface area contributed by atoms with Crippen molar-refractivity contribution in [1.29, 1.82) is 0 Å². The van der Waals surface area contributed by atoms with Crippen molar-refractivity contribution < 1.29 is 14.3 Å². The number of carbonyl (C=O) groups is 2. The van der Waals surface area contributed by atoms with Gasteiger partial charge in [-0.2, -0.15) is 0 Å². The van der Waals surface area contributed by atoms with Crippen molar-refractivity contribution in [2.24, 2.45) is 0 Å². The lowest BCUT2D eigenvalue weighted by Crippen LogP contribution is -2.51. The van der Waals surface area contributed by atoms with Crippen LogP contribution in [0.2, 0.25) is 0 Å². The van der Waals surface area contributed by atoms with Crippen molar-refractivity contribution in [2.75, 3.05) is 39.3 Å². The molecule has 0 aromatic heterocycles. The number of piperazine rings is 1. The first kappa shape index (κ1) is 18.7. The summed E-state index contributed by atoms with van der Waals surface area (Å²) in [4.78, 5) is 27.6. The molecule has 1 aliphatic heterocycles. The van der Waals surface area contributed by atoms with Crippen molar-refractivity contribution >= 4 is 27.9 Å². The number of amides is 2. The maximum atomic E-state index is 12.2. The molecule has 1 atom stereocenters.